The van der Waals surface area contributed by atoms with Gasteiger partial charge in [-0.2, -0.15) is 4.98 Å². The summed E-state index contributed by atoms with van der Waals surface area (Å²) >= 11 is 0. The zero-order valence-electron chi connectivity index (χ0n) is 12.6. The van der Waals surface area contributed by atoms with Crippen molar-refractivity contribution in [3.63, 3.8) is 0 Å². The summed E-state index contributed by atoms with van der Waals surface area (Å²) in [4.78, 5) is 8.10. The number of hydrogen-bond donors (Lipinski definition) is 3. The predicted molar refractivity (Wildman–Crippen MR) is 80.8 cm³/mol. The van der Waals surface area contributed by atoms with E-state index < -0.39 is 6.10 Å². The Morgan fingerprint density at radius 3 is 2.60 bits per heavy atom. The van der Waals surface area contributed by atoms with Crippen molar-refractivity contribution in [1.29, 1.82) is 0 Å². The van der Waals surface area contributed by atoms with Crippen LogP contribution < -0.4 is 15.8 Å². The Bertz CT molecular complexity index is 397. The number of anilines is 2. The van der Waals surface area contributed by atoms with Gasteiger partial charge in [-0.3, -0.25) is 0 Å². The minimum absolute atomic E-state index is 0.279. The van der Waals surface area contributed by atoms with E-state index in [4.69, 9.17) is 10.5 Å². The van der Waals surface area contributed by atoms with E-state index in [0.29, 0.717) is 30.5 Å². The highest BCUT2D eigenvalue weighted by Gasteiger charge is 2.16. The Balaban J connectivity index is 2.63. The molecule has 0 fully saturated rings. The van der Waals surface area contributed by atoms with Gasteiger partial charge in [0.1, 0.15) is 12.0 Å². The van der Waals surface area contributed by atoms with Crippen LogP contribution >= 0.6 is 0 Å². The number of rotatable bonds is 9. The van der Waals surface area contributed by atoms with Gasteiger partial charge in [0.15, 0.2) is 5.82 Å². The molecule has 0 radical (unpaired) electrons. The molecule has 1 heterocycles. The van der Waals surface area contributed by atoms with Gasteiger partial charge in [-0.25, -0.2) is 4.98 Å². The van der Waals surface area contributed by atoms with Gasteiger partial charge in [-0.05, 0) is 12.3 Å². The molecule has 1 aromatic rings. The van der Waals surface area contributed by atoms with Gasteiger partial charge in [-0.1, -0.05) is 33.6 Å². The summed E-state index contributed by atoms with van der Waals surface area (Å²) < 4.78 is 5.44. The van der Waals surface area contributed by atoms with E-state index in [1.807, 2.05) is 6.92 Å². The molecule has 6 nitrogen and oxygen atoms in total. The fourth-order valence-electron chi connectivity index (χ4n) is 2.03. The van der Waals surface area contributed by atoms with E-state index in [2.05, 4.69) is 29.1 Å². The summed E-state index contributed by atoms with van der Waals surface area (Å²) in [6.45, 7) is 7.15. The van der Waals surface area contributed by atoms with Crippen LogP contribution in [0.3, 0.4) is 0 Å². The van der Waals surface area contributed by atoms with Gasteiger partial charge in [-0.15, -0.1) is 0 Å². The summed E-state index contributed by atoms with van der Waals surface area (Å²) in [5, 5.41) is 13.2. The molecule has 1 aromatic heterocycles. The predicted octanol–water partition coefficient (Wildman–Crippen LogP) is 2.06. The summed E-state index contributed by atoms with van der Waals surface area (Å²) in [7, 11) is 0. The van der Waals surface area contributed by atoms with Crippen LogP contribution in [0.1, 0.15) is 40.0 Å². The van der Waals surface area contributed by atoms with Gasteiger partial charge in [0, 0.05) is 6.54 Å². The number of ether oxygens (including phenoxy) is 1. The van der Waals surface area contributed by atoms with E-state index >= 15 is 0 Å². The van der Waals surface area contributed by atoms with Crippen molar-refractivity contribution in [1.82, 2.24) is 9.97 Å². The molecule has 0 spiro atoms. The van der Waals surface area contributed by atoms with Crippen LogP contribution in [0.25, 0.3) is 0 Å². The highest BCUT2D eigenvalue weighted by atomic mass is 16.5. The standard InChI is InChI=1S/C14H26N4O2/c1-4-7-20-14-12(15)13(17-9-18-14)16-8-11(19)10(5-2)6-3/h9-11,19H,4-8,15H2,1-3H3,(H,16,17,18). The molecule has 6 heteroatoms. The molecule has 1 unspecified atom stereocenters. The van der Waals surface area contributed by atoms with Gasteiger partial charge < -0.3 is 20.9 Å². The lowest BCUT2D eigenvalue weighted by Gasteiger charge is -2.21. The number of aliphatic hydroxyl groups is 1. The number of hydrogen-bond acceptors (Lipinski definition) is 6. The molecule has 114 valence electrons. The molecule has 1 atom stereocenters. The second-order valence-electron chi connectivity index (χ2n) is 4.81. The van der Waals surface area contributed by atoms with Crippen LogP contribution in [-0.4, -0.2) is 34.3 Å². The molecule has 0 bridgehead atoms. The summed E-state index contributed by atoms with van der Waals surface area (Å²) in [5.41, 5.74) is 6.34. The zero-order chi connectivity index (χ0) is 15.0. The first-order chi connectivity index (χ1) is 9.63. The van der Waals surface area contributed by atoms with E-state index in [-0.39, 0.29) is 5.92 Å². The van der Waals surface area contributed by atoms with Gasteiger partial charge in [0.2, 0.25) is 5.88 Å². The van der Waals surface area contributed by atoms with Crippen LogP contribution in [0.5, 0.6) is 5.88 Å². The minimum Gasteiger partial charge on any atom is -0.476 e. The molecule has 0 aliphatic carbocycles. The quantitative estimate of drug-likeness (QED) is 0.642. The fourth-order valence-corrected chi connectivity index (χ4v) is 2.03. The SMILES string of the molecule is CCCOc1ncnc(NCC(O)C(CC)CC)c1N. The van der Waals surface area contributed by atoms with Crippen molar-refractivity contribution >= 4 is 11.5 Å². The van der Waals surface area contributed by atoms with Crippen LogP contribution in [0.4, 0.5) is 11.5 Å². The molecule has 4 N–H and O–H groups in total. The molecular formula is C14H26N4O2. The van der Waals surface area contributed by atoms with Crippen LogP contribution in [0.2, 0.25) is 0 Å². The Labute approximate surface area is 120 Å². The fraction of sp³-hybridized carbons (Fsp3) is 0.714. The van der Waals surface area contributed by atoms with E-state index in [1.165, 1.54) is 6.33 Å². The zero-order valence-corrected chi connectivity index (χ0v) is 12.6. The maximum Gasteiger partial charge on any atom is 0.242 e. The molecule has 0 aliphatic heterocycles. The molecule has 1 rings (SSSR count). The van der Waals surface area contributed by atoms with Crippen LogP contribution in [-0.2, 0) is 0 Å². The number of nitrogens with one attached hydrogen (secondary N) is 1. The van der Waals surface area contributed by atoms with Gasteiger partial charge >= 0.3 is 0 Å². The largest absolute Gasteiger partial charge is 0.476 e. The topological polar surface area (TPSA) is 93.3 Å². The second-order valence-corrected chi connectivity index (χ2v) is 4.81. The van der Waals surface area contributed by atoms with Crippen LogP contribution in [0, 0.1) is 5.92 Å². The monoisotopic (exact) mass is 282 g/mol. The Morgan fingerprint density at radius 1 is 1.30 bits per heavy atom. The Hall–Kier alpha value is -1.56. The molecule has 0 saturated carbocycles. The summed E-state index contributed by atoms with van der Waals surface area (Å²) in [6.07, 6.45) is 3.78. The van der Waals surface area contributed by atoms with E-state index in [9.17, 15) is 5.11 Å². The lowest BCUT2D eigenvalue weighted by molar-refractivity contribution is 0.114. The molecular weight excluding hydrogens is 256 g/mol. The van der Waals surface area contributed by atoms with Crippen molar-refractivity contribution < 1.29 is 9.84 Å². The lowest BCUT2D eigenvalue weighted by Crippen LogP contribution is -2.28. The summed E-state index contributed by atoms with van der Waals surface area (Å²) in [5.74, 6) is 1.18. The average molecular weight is 282 g/mol. The highest BCUT2D eigenvalue weighted by molar-refractivity contribution is 5.66. The second kappa shape index (κ2) is 8.58. The molecule has 0 amide bonds. The van der Waals surface area contributed by atoms with Gasteiger partial charge in [0.05, 0.1) is 12.7 Å². The van der Waals surface area contributed by atoms with Crippen molar-refractivity contribution in [2.45, 2.75) is 46.1 Å². The normalized spacial score (nSPS) is 12.4. The Morgan fingerprint density at radius 2 is 2.00 bits per heavy atom. The number of aromatic nitrogens is 2. The molecule has 0 aromatic carbocycles. The number of nitrogens with zero attached hydrogens (tertiary/aromatic N) is 2. The first-order valence-corrected chi connectivity index (χ1v) is 7.29. The first-order valence-electron chi connectivity index (χ1n) is 7.29. The minimum atomic E-state index is -0.417. The number of nitrogens with two attached hydrogens (primary N) is 1. The van der Waals surface area contributed by atoms with E-state index in [1.54, 1.807) is 0 Å². The maximum atomic E-state index is 10.1. The third kappa shape index (κ3) is 4.52. The maximum absolute atomic E-state index is 10.1. The van der Waals surface area contributed by atoms with Crippen LogP contribution in [0.15, 0.2) is 6.33 Å². The first kappa shape index (κ1) is 16.5. The average Bonchev–Trinajstić information content (AvgIpc) is 2.46. The molecule has 0 saturated heterocycles. The smallest absolute Gasteiger partial charge is 0.242 e. The number of aliphatic hydroxyl groups excluding tert-OH is 1. The summed E-state index contributed by atoms with van der Waals surface area (Å²) in [6, 6.07) is 0. The van der Waals surface area contributed by atoms with Crippen molar-refractivity contribution in [3.05, 3.63) is 6.33 Å². The van der Waals surface area contributed by atoms with Crippen molar-refractivity contribution in [3.8, 4) is 5.88 Å². The molecule has 20 heavy (non-hydrogen) atoms. The van der Waals surface area contributed by atoms with Crippen molar-refractivity contribution in [2.75, 3.05) is 24.2 Å². The Kier molecular flexibility index (Phi) is 7.08. The van der Waals surface area contributed by atoms with Gasteiger partial charge in [0.25, 0.3) is 0 Å². The lowest BCUT2D eigenvalue weighted by atomic mass is 9.96. The highest BCUT2D eigenvalue weighted by Crippen LogP contribution is 2.25. The third-order valence-electron chi connectivity index (χ3n) is 3.36. The third-order valence-corrected chi connectivity index (χ3v) is 3.36. The van der Waals surface area contributed by atoms with E-state index in [0.717, 1.165) is 19.3 Å². The van der Waals surface area contributed by atoms with Crippen molar-refractivity contribution in [2.24, 2.45) is 5.92 Å². The molecule has 0 aliphatic rings. The number of nitrogen functional groups attached to an aromatic ring is 1.